The molecule has 0 radical (unpaired) electrons. The van der Waals surface area contributed by atoms with Crippen molar-refractivity contribution < 1.29 is 4.79 Å². The van der Waals surface area contributed by atoms with Gasteiger partial charge in [-0.05, 0) is 27.2 Å². The number of rotatable bonds is 4. The van der Waals surface area contributed by atoms with Crippen molar-refractivity contribution in [2.75, 3.05) is 0 Å². The molecule has 0 saturated heterocycles. The quantitative estimate of drug-likeness (QED) is 0.674. The Labute approximate surface area is 85.1 Å². The van der Waals surface area contributed by atoms with Crippen molar-refractivity contribution in [1.29, 1.82) is 0 Å². The first-order chi connectivity index (χ1) is 5.80. The molecule has 1 unspecified atom stereocenters. The van der Waals surface area contributed by atoms with Gasteiger partial charge in [0.25, 0.3) is 0 Å². The fraction of sp³-hybridized carbons (Fsp3) is 0.778. The van der Waals surface area contributed by atoms with Gasteiger partial charge in [-0.1, -0.05) is 19.1 Å². The van der Waals surface area contributed by atoms with E-state index in [0.29, 0.717) is 0 Å². The molecule has 0 aliphatic heterocycles. The molecule has 0 aromatic heterocycles. The first-order valence-corrected chi connectivity index (χ1v) is 4.82. The third-order valence-corrected chi connectivity index (χ3v) is 2.52. The van der Waals surface area contributed by atoms with E-state index in [1.807, 2.05) is 20.8 Å². The zero-order valence-corrected chi connectivity index (χ0v) is 9.49. The van der Waals surface area contributed by atoms with Gasteiger partial charge >= 0.3 is 0 Å². The Hall–Kier alpha value is -0.640. The molecule has 1 atom stereocenters. The fourth-order valence-electron chi connectivity index (χ4n) is 0.659. The molecule has 76 valence electrons. The molecule has 0 spiro atoms. The van der Waals surface area contributed by atoms with Gasteiger partial charge in [-0.2, -0.15) is 0 Å². The minimum absolute atomic E-state index is 0.0978. The molecule has 0 fully saturated rings. The molecule has 0 aliphatic rings. The molecule has 1 amide bonds. The third-order valence-electron chi connectivity index (χ3n) is 2.17. The van der Waals surface area contributed by atoms with E-state index >= 15 is 0 Å². The van der Waals surface area contributed by atoms with E-state index in [1.54, 1.807) is 6.92 Å². The predicted molar refractivity (Wildman–Crippen MR) is 58.5 cm³/mol. The van der Waals surface area contributed by atoms with E-state index in [2.05, 4.69) is 5.32 Å². The standard InChI is InChI=1S/C9H18N2OS/c1-5-9(3,4)11-8(12)6(2)7(10)13/h6H,5H2,1-4H3,(H2,10,13)(H,11,12). The van der Waals surface area contributed by atoms with Crippen LogP contribution in [0.4, 0.5) is 0 Å². The van der Waals surface area contributed by atoms with Gasteiger partial charge in [-0.15, -0.1) is 0 Å². The highest BCUT2D eigenvalue weighted by Crippen LogP contribution is 2.08. The molecule has 3 N–H and O–H groups in total. The minimum Gasteiger partial charge on any atom is -0.393 e. The van der Waals surface area contributed by atoms with Crippen molar-refractivity contribution in [2.24, 2.45) is 11.7 Å². The Morgan fingerprint density at radius 2 is 2.08 bits per heavy atom. The Balaban J connectivity index is 4.23. The molecule has 0 aliphatic carbocycles. The summed E-state index contributed by atoms with van der Waals surface area (Å²) in [6, 6.07) is 0. The minimum atomic E-state index is -0.388. The Morgan fingerprint density at radius 1 is 1.62 bits per heavy atom. The van der Waals surface area contributed by atoms with Crippen molar-refractivity contribution >= 4 is 23.1 Å². The van der Waals surface area contributed by atoms with Crippen LogP contribution in [0.2, 0.25) is 0 Å². The SMILES string of the molecule is CCC(C)(C)NC(=O)C(C)C(N)=S. The summed E-state index contributed by atoms with van der Waals surface area (Å²) in [5.74, 6) is -0.486. The van der Waals surface area contributed by atoms with Crippen LogP contribution in [0.5, 0.6) is 0 Å². The van der Waals surface area contributed by atoms with Crippen LogP contribution >= 0.6 is 12.2 Å². The van der Waals surface area contributed by atoms with Gasteiger partial charge in [0.15, 0.2) is 0 Å². The fourth-order valence-corrected chi connectivity index (χ4v) is 0.766. The number of amides is 1. The largest absolute Gasteiger partial charge is 0.393 e. The van der Waals surface area contributed by atoms with Crippen molar-refractivity contribution in [3.63, 3.8) is 0 Å². The maximum absolute atomic E-state index is 11.5. The molecule has 0 aromatic carbocycles. The summed E-state index contributed by atoms with van der Waals surface area (Å²) in [5.41, 5.74) is 5.18. The number of thiocarbonyl (C=S) groups is 1. The maximum atomic E-state index is 11.5. The van der Waals surface area contributed by atoms with Gasteiger partial charge < -0.3 is 11.1 Å². The van der Waals surface area contributed by atoms with Gasteiger partial charge in [-0.25, -0.2) is 0 Å². The van der Waals surface area contributed by atoms with E-state index < -0.39 is 0 Å². The molecule has 3 nitrogen and oxygen atoms in total. The second-order valence-electron chi connectivity index (χ2n) is 3.85. The van der Waals surface area contributed by atoms with Crippen LogP contribution in [-0.2, 0) is 4.79 Å². The average molecular weight is 202 g/mol. The van der Waals surface area contributed by atoms with Gasteiger partial charge in [0, 0.05) is 5.54 Å². The summed E-state index contributed by atoms with van der Waals surface area (Å²) < 4.78 is 0. The number of carbonyl (C=O) groups excluding carboxylic acids is 1. The lowest BCUT2D eigenvalue weighted by Gasteiger charge is -2.26. The normalized spacial score (nSPS) is 13.5. The Kier molecular flexibility index (Phi) is 4.33. The Bertz CT molecular complexity index is 214. The second-order valence-corrected chi connectivity index (χ2v) is 4.32. The highest BCUT2D eigenvalue weighted by Gasteiger charge is 2.22. The third kappa shape index (κ3) is 4.22. The van der Waals surface area contributed by atoms with Crippen LogP contribution in [0, 0.1) is 5.92 Å². The Morgan fingerprint density at radius 3 is 2.38 bits per heavy atom. The summed E-state index contributed by atoms with van der Waals surface area (Å²) in [5, 5.41) is 2.88. The number of carbonyl (C=O) groups is 1. The lowest BCUT2D eigenvalue weighted by atomic mass is 10.0. The van der Waals surface area contributed by atoms with Gasteiger partial charge in [0.1, 0.15) is 0 Å². The molecule has 13 heavy (non-hydrogen) atoms. The smallest absolute Gasteiger partial charge is 0.230 e. The maximum Gasteiger partial charge on any atom is 0.230 e. The van der Waals surface area contributed by atoms with E-state index in [-0.39, 0.29) is 22.4 Å². The van der Waals surface area contributed by atoms with Crippen LogP contribution in [0.3, 0.4) is 0 Å². The lowest BCUT2D eigenvalue weighted by Crippen LogP contribution is -2.47. The van der Waals surface area contributed by atoms with E-state index in [4.69, 9.17) is 18.0 Å². The lowest BCUT2D eigenvalue weighted by molar-refractivity contribution is -0.124. The van der Waals surface area contributed by atoms with Crippen LogP contribution in [0.15, 0.2) is 0 Å². The molecular weight excluding hydrogens is 184 g/mol. The van der Waals surface area contributed by atoms with Gasteiger partial charge in [-0.3, -0.25) is 4.79 Å². The van der Waals surface area contributed by atoms with Gasteiger partial charge in [0.2, 0.25) is 5.91 Å². The highest BCUT2D eigenvalue weighted by molar-refractivity contribution is 7.80. The van der Waals surface area contributed by atoms with E-state index in [1.165, 1.54) is 0 Å². The average Bonchev–Trinajstić information content (AvgIpc) is 2.02. The van der Waals surface area contributed by atoms with Crippen molar-refractivity contribution in [2.45, 2.75) is 39.7 Å². The van der Waals surface area contributed by atoms with Crippen LogP contribution < -0.4 is 11.1 Å². The topological polar surface area (TPSA) is 55.1 Å². The predicted octanol–water partition coefficient (Wildman–Crippen LogP) is 1.21. The van der Waals surface area contributed by atoms with Crippen LogP contribution in [0.1, 0.15) is 34.1 Å². The van der Waals surface area contributed by atoms with Crippen LogP contribution in [-0.4, -0.2) is 16.4 Å². The first kappa shape index (κ1) is 12.4. The number of nitrogens with one attached hydrogen (secondary N) is 1. The number of hydrogen-bond donors (Lipinski definition) is 2. The summed E-state index contributed by atoms with van der Waals surface area (Å²) in [7, 11) is 0. The molecule has 4 heteroatoms. The van der Waals surface area contributed by atoms with Crippen molar-refractivity contribution in [3.8, 4) is 0 Å². The molecule has 0 heterocycles. The molecule has 0 bridgehead atoms. The molecule has 0 saturated carbocycles. The molecular formula is C9H18N2OS. The number of nitrogens with two attached hydrogens (primary N) is 1. The summed E-state index contributed by atoms with van der Waals surface area (Å²) >= 11 is 4.74. The van der Waals surface area contributed by atoms with Crippen LogP contribution in [0.25, 0.3) is 0 Å². The molecule has 0 aromatic rings. The summed E-state index contributed by atoms with van der Waals surface area (Å²) in [4.78, 5) is 11.7. The summed E-state index contributed by atoms with van der Waals surface area (Å²) in [6.45, 7) is 7.67. The zero-order valence-electron chi connectivity index (χ0n) is 8.68. The number of hydrogen-bond acceptors (Lipinski definition) is 2. The first-order valence-electron chi connectivity index (χ1n) is 4.41. The highest BCUT2D eigenvalue weighted by atomic mass is 32.1. The summed E-state index contributed by atoms with van der Waals surface area (Å²) in [6.07, 6.45) is 0.878. The van der Waals surface area contributed by atoms with E-state index in [9.17, 15) is 4.79 Å². The zero-order chi connectivity index (χ0) is 10.6. The van der Waals surface area contributed by atoms with Gasteiger partial charge in [0.05, 0.1) is 10.9 Å². The van der Waals surface area contributed by atoms with Crippen molar-refractivity contribution in [3.05, 3.63) is 0 Å². The van der Waals surface area contributed by atoms with Crippen molar-refractivity contribution in [1.82, 2.24) is 5.32 Å². The molecule has 0 rings (SSSR count). The second kappa shape index (κ2) is 4.56. The monoisotopic (exact) mass is 202 g/mol. The van der Waals surface area contributed by atoms with E-state index in [0.717, 1.165) is 6.42 Å².